The Morgan fingerprint density at radius 2 is 2.00 bits per heavy atom. The predicted octanol–water partition coefficient (Wildman–Crippen LogP) is 1.77. The molecule has 6 nitrogen and oxygen atoms in total. The summed E-state index contributed by atoms with van der Waals surface area (Å²) in [5.74, 6) is 0. The van der Waals surface area contributed by atoms with E-state index in [2.05, 4.69) is 0 Å². The molecule has 0 spiro atoms. The van der Waals surface area contributed by atoms with Gasteiger partial charge in [0.05, 0.1) is 5.69 Å². The maximum atomic E-state index is 11.9. The van der Waals surface area contributed by atoms with Gasteiger partial charge in [-0.2, -0.15) is 5.23 Å². The molecule has 0 aliphatic heterocycles. The van der Waals surface area contributed by atoms with E-state index in [-0.39, 0.29) is 5.69 Å². The molecule has 0 aliphatic rings. The Balaban J connectivity index is 2.94. The molecule has 1 aromatic rings. The van der Waals surface area contributed by atoms with Crippen LogP contribution in [0.15, 0.2) is 18.2 Å². The van der Waals surface area contributed by atoms with Crippen molar-refractivity contribution in [2.45, 2.75) is 33.3 Å². The molecule has 2 N–H and O–H groups in total. The number of quaternary nitrogens is 1. The Morgan fingerprint density at radius 3 is 2.42 bits per heavy atom. The number of hydrogen-bond acceptors (Lipinski definition) is 4. The minimum Gasteiger partial charge on any atom is -0.595 e. The molecule has 0 aromatic heterocycles. The second-order valence-corrected chi connectivity index (χ2v) is 5.35. The number of nitrogens with one attached hydrogen (secondary N) is 1. The van der Waals surface area contributed by atoms with Crippen molar-refractivity contribution in [3.05, 3.63) is 29.0 Å². The first-order chi connectivity index (χ1) is 8.61. The van der Waals surface area contributed by atoms with Crippen LogP contribution in [0.25, 0.3) is 0 Å². The molecule has 0 fully saturated rings. The number of nitrogens with zero attached hydrogens (tertiary/aromatic N) is 1. The van der Waals surface area contributed by atoms with Gasteiger partial charge in [0.2, 0.25) is 0 Å². The highest BCUT2D eigenvalue weighted by molar-refractivity contribution is 5.88. The van der Waals surface area contributed by atoms with Gasteiger partial charge in [-0.15, -0.1) is 0 Å². The molecule has 6 heteroatoms. The van der Waals surface area contributed by atoms with Gasteiger partial charge in [0.15, 0.2) is 5.69 Å². The van der Waals surface area contributed by atoms with E-state index in [9.17, 15) is 10.0 Å². The van der Waals surface area contributed by atoms with Gasteiger partial charge in [0, 0.05) is 19.2 Å². The molecule has 1 atom stereocenters. The van der Waals surface area contributed by atoms with Crippen molar-refractivity contribution in [1.82, 2.24) is 0 Å². The van der Waals surface area contributed by atoms with Gasteiger partial charge in [0.25, 0.3) is 0 Å². The van der Waals surface area contributed by atoms with Gasteiger partial charge in [-0.1, -0.05) is 0 Å². The van der Waals surface area contributed by atoms with Crippen LogP contribution in [0.1, 0.15) is 26.3 Å². The minimum atomic E-state index is -0.991. The van der Waals surface area contributed by atoms with Crippen molar-refractivity contribution in [2.75, 3.05) is 11.9 Å². The molecule has 0 radical (unpaired) electrons. The first-order valence-corrected chi connectivity index (χ1v) is 5.92. The number of ether oxygens (including phenoxy) is 1. The van der Waals surface area contributed by atoms with Crippen molar-refractivity contribution in [2.24, 2.45) is 0 Å². The van der Waals surface area contributed by atoms with Crippen LogP contribution in [0.2, 0.25) is 0 Å². The lowest BCUT2D eigenvalue weighted by Crippen LogP contribution is -2.99. The van der Waals surface area contributed by atoms with E-state index in [1.54, 1.807) is 40.8 Å². The Hall–Kier alpha value is -1.63. The van der Waals surface area contributed by atoms with Gasteiger partial charge in [-0.25, -0.2) is 10.0 Å². The molecule has 19 heavy (non-hydrogen) atoms. The zero-order chi connectivity index (χ0) is 14.8. The standard InChI is InChI=1S/C13H20N2O4/c1-9-8-10(15(17)18)6-7-11(9)14(5)12(16)19-13(2,3)4/h6-8,15,17H,1-5H3. The van der Waals surface area contributed by atoms with Crippen LogP contribution in [0, 0.1) is 12.1 Å². The van der Waals surface area contributed by atoms with Crippen LogP contribution >= 0.6 is 0 Å². The van der Waals surface area contributed by atoms with E-state index in [4.69, 9.17) is 9.94 Å². The van der Waals surface area contributed by atoms with Crippen LogP contribution in [0.4, 0.5) is 16.2 Å². The third-order valence-corrected chi connectivity index (χ3v) is 2.47. The molecule has 1 rings (SSSR count). The normalized spacial score (nSPS) is 13.0. The first kappa shape index (κ1) is 15.4. The van der Waals surface area contributed by atoms with Crippen LogP contribution < -0.4 is 10.1 Å². The Bertz CT molecular complexity index is 466. The van der Waals surface area contributed by atoms with Crippen molar-refractivity contribution >= 4 is 17.5 Å². The summed E-state index contributed by atoms with van der Waals surface area (Å²) < 4.78 is 5.26. The quantitative estimate of drug-likeness (QED) is 0.801. The summed E-state index contributed by atoms with van der Waals surface area (Å²) in [5.41, 5.74) is 0.951. The maximum Gasteiger partial charge on any atom is 0.414 e. The van der Waals surface area contributed by atoms with Gasteiger partial charge in [-0.05, 0) is 39.3 Å². The highest BCUT2D eigenvalue weighted by atomic mass is 16.8. The molecular weight excluding hydrogens is 248 g/mol. The lowest BCUT2D eigenvalue weighted by molar-refractivity contribution is -0.991. The Morgan fingerprint density at radius 1 is 1.42 bits per heavy atom. The van der Waals surface area contributed by atoms with Crippen LogP contribution in [0.5, 0.6) is 0 Å². The van der Waals surface area contributed by atoms with Crippen molar-refractivity contribution < 1.29 is 20.0 Å². The maximum absolute atomic E-state index is 11.9. The van der Waals surface area contributed by atoms with Gasteiger partial charge in [-0.3, -0.25) is 4.90 Å². The fourth-order valence-electron chi connectivity index (χ4n) is 1.59. The summed E-state index contributed by atoms with van der Waals surface area (Å²) in [6.45, 7) is 7.13. The Kier molecular flexibility index (Phi) is 4.52. The number of amides is 1. The molecule has 1 aromatic carbocycles. The summed E-state index contributed by atoms with van der Waals surface area (Å²) in [6, 6.07) is 4.59. The number of anilines is 1. The summed E-state index contributed by atoms with van der Waals surface area (Å²) in [7, 11) is 1.59. The molecular formula is C13H20N2O4. The lowest BCUT2D eigenvalue weighted by Gasteiger charge is -2.25. The van der Waals surface area contributed by atoms with Crippen molar-refractivity contribution in [3.8, 4) is 0 Å². The largest absolute Gasteiger partial charge is 0.595 e. The number of hydrogen-bond donors (Lipinski definition) is 2. The van der Waals surface area contributed by atoms with E-state index in [0.717, 1.165) is 0 Å². The van der Waals surface area contributed by atoms with Crippen LogP contribution in [-0.4, -0.2) is 23.9 Å². The van der Waals surface area contributed by atoms with Gasteiger partial charge in [0.1, 0.15) is 5.60 Å². The number of aryl methyl sites for hydroxylation is 1. The third-order valence-electron chi connectivity index (χ3n) is 2.47. The molecule has 0 aliphatic carbocycles. The SMILES string of the molecule is Cc1cc([NH+]([O-])O)ccc1N(C)C(=O)OC(C)(C)C. The Labute approximate surface area is 112 Å². The van der Waals surface area contributed by atoms with E-state index in [1.807, 2.05) is 0 Å². The fraction of sp³-hybridized carbons (Fsp3) is 0.462. The van der Waals surface area contributed by atoms with E-state index >= 15 is 0 Å². The molecule has 0 saturated heterocycles. The van der Waals surface area contributed by atoms with Gasteiger partial charge >= 0.3 is 6.09 Å². The fourth-order valence-corrected chi connectivity index (χ4v) is 1.59. The molecule has 0 heterocycles. The number of carbonyl (C=O) groups is 1. The van der Waals surface area contributed by atoms with E-state index in [1.165, 1.54) is 17.0 Å². The van der Waals surface area contributed by atoms with Crippen molar-refractivity contribution in [3.63, 3.8) is 0 Å². The number of benzene rings is 1. The van der Waals surface area contributed by atoms with Crippen molar-refractivity contribution in [1.29, 1.82) is 0 Å². The number of rotatable bonds is 2. The topological polar surface area (TPSA) is 77.3 Å². The highest BCUT2D eigenvalue weighted by Gasteiger charge is 2.21. The zero-order valence-electron chi connectivity index (χ0n) is 11.9. The first-order valence-electron chi connectivity index (χ1n) is 5.92. The highest BCUT2D eigenvalue weighted by Crippen LogP contribution is 2.22. The van der Waals surface area contributed by atoms with E-state index < -0.39 is 16.9 Å². The summed E-state index contributed by atoms with van der Waals surface area (Å²) >= 11 is 0. The molecule has 0 bridgehead atoms. The zero-order valence-corrected chi connectivity index (χ0v) is 11.9. The molecule has 1 amide bonds. The molecule has 106 valence electrons. The average Bonchev–Trinajstić information content (AvgIpc) is 2.25. The second-order valence-electron chi connectivity index (χ2n) is 5.35. The summed E-state index contributed by atoms with van der Waals surface area (Å²) in [6.07, 6.45) is -0.473. The minimum absolute atomic E-state index is 0.193. The summed E-state index contributed by atoms with van der Waals surface area (Å²) in [5, 5.41) is 18.8. The monoisotopic (exact) mass is 268 g/mol. The third kappa shape index (κ3) is 4.20. The second kappa shape index (κ2) is 5.56. The van der Waals surface area contributed by atoms with Gasteiger partial charge < -0.3 is 9.94 Å². The predicted molar refractivity (Wildman–Crippen MR) is 71.6 cm³/mol. The average molecular weight is 268 g/mol. The van der Waals surface area contributed by atoms with E-state index in [0.29, 0.717) is 11.3 Å². The molecule has 1 unspecified atom stereocenters. The number of carbonyl (C=O) groups excluding carboxylic acids is 1. The summed E-state index contributed by atoms with van der Waals surface area (Å²) in [4.78, 5) is 13.3. The lowest BCUT2D eigenvalue weighted by atomic mass is 10.1. The van der Waals surface area contributed by atoms with Crippen LogP contribution in [-0.2, 0) is 4.74 Å². The molecule has 0 saturated carbocycles. The van der Waals surface area contributed by atoms with Crippen LogP contribution in [0.3, 0.4) is 0 Å². The smallest absolute Gasteiger partial charge is 0.414 e.